The molecule has 112 valence electrons. The SMILES string of the molecule is Cc1ccccc1N(C)S(=O)(=O)N1CCCCC1CN. The molecule has 0 aromatic heterocycles. The first-order chi connectivity index (χ1) is 9.48. The number of piperidine rings is 1. The fraction of sp³-hybridized carbons (Fsp3) is 0.571. The Labute approximate surface area is 121 Å². The minimum atomic E-state index is -3.51. The van der Waals surface area contributed by atoms with Gasteiger partial charge >= 0.3 is 10.2 Å². The van der Waals surface area contributed by atoms with E-state index in [0.29, 0.717) is 18.8 Å². The lowest BCUT2D eigenvalue weighted by atomic mass is 10.1. The Kier molecular flexibility index (Phi) is 4.67. The number of nitrogens with zero attached hydrogens (tertiary/aromatic N) is 2. The summed E-state index contributed by atoms with van der Waals surface area (Å²) in [5.41, 5.74) is 7.40. The van der Waals surface area contributed by atoms with Gasteiger partial charge in [0.1, 0.15) is 0 Å². The molecule has 0 saturated carbocycles. The van der Waals surface area contributed by atoms with Crippen LogP contribution in [0.3, 0.4) is 0 Å². The maximum absolute atomic E-state index is 12.8. The number of hydrogen-bond acceptors (Lipinski definition) is 3. The summed E-state index contributed by atoms with van der Waals surface area (Å²) < 4.78 is 28.5. The number of hydrogen-bond donors (Lipinski definition) is 1. The van der Waals surface area contributed by atoms with Gasteiger partial charge in [-0.25, -0.2) is 0 Å². The van der Waals surface area contributed by atoms with Crippen molar-refractivity contribution >= 4 is 15.9 Å². The highest BCUT2D eigenvalue weighted by Crippen LogP contribution is 2.26. The Bertz CT molecular complexity index is 559. The van der Waals surface area contributed by atoms with E-state index in [9.17, 15) is 8.42 Å². The molecule has 1 atom stereocenters. The second-order valence-corrected chi connectivity index (χ2v) is 7.17. The number of rotatable bonds is 4. The lowest BCUT2D eigenvalue weighted by Crippen LogP contribution is -2.52. The molecule has 0 aliphatic carbocycles. The molecule has 0 spiro atoms. The molecule has 0 amide bonds. The van der Waals surface area contributed by atoms with Crippen LogP contribution in [-0.2, 0) is 10.2 Å². The predicted octanol–water partition coefficient (Wildman–Crippen LogP) is 1.49. The maximum atomic E-state index is 12.8. The molecule has 0 radical (unpaired) electrons. The Morgan fingerprint density at radius 2 is 2.05 bits per heavy atom. The lowest BCUT2D eigenvalue weighted by Gasteiger charge is -2.37. The van der Waals surface area contributed by atoms with Crippen molar-refractivity contribution < 1.29 is 8.42 Å². The van der Waals surface area contributed by atoms with Crippen LogP contribution in [0.5, 0.6) is 0 Å². The minimum absolute atomic E-state index is 0.0831. The van der Waals surface area contributed by atoms with E-state index < -0.39 is 10.2 Å². The van der Waals surface area contributed by atoms with E-state index in [4.69, 9.17) is 5.73 Å². The highest BCUT2D eigenvalue weighted by Gasteiger charge is 2.34. The van der Waals surface area contributed by atoms with Crippen LogP contribution in [0.15, 0.2) is 24.3 Å². The first-order valence-corrected chi connectivity index (χ1v) is 8.39. The van der Waals surface area contributed by atoms with E-state index in [1.165, 1.54) is 4.31 Å². The van der Waals surface area contributed by atoms with E-state index >= 15 is 0 Å². The molecule has 1 aliphatic heterocycles. The third kappa shape index (κ3) is 2.82. The molecule has 1 fully saturated rings. The molecule has 0 bridgehead atoms. The molecular weight excluding hydrogens is 274 g/mol. The summed E-state index contributed by atoms with van der Waals surface area (Å²) in [7, 11) is -1.90. The molecule has 5 nitrogen and oxygen atoms in total. The van der Waals surface area contributed by atoms with Gasteiger partial charge in [0, 0.05) is 26.2 Å². The monoisotopic (exact) mass is 297 g/mol. The molecule has 1 unspecified atom stereocenters. The van der Waals surface area contributed by atoms with Crippen molar-refractivity contribution in [1.82, 2.24) is 4.31 Å². The van der Waals surface area contributed by atoms with Gasteiger partial charge in [-0.1, -0.05) is 24.6 Å². The largest absolute Gasteiger partial charge is 0.329 e. The third-order valence-electron chi connectivity index (χ3n) is 3.94. The Hall–Kier alpha value is -1.11. The lowest BCUT2D eigenvalue weighted by molar-refractivity contribution is 0.257. The van der Waals surface area contributed by atoms with E-state index in [0.717, 1.165) is 24.8 Å². The maximum Gasteiger partial charge on any atom is 0.304 e. The standard InChI is InChI=1S/C14H23N3O2S/c1-12-7-3-4-9-14(12)16(2)20(18,19)17-10-6-5-8-13(17)11-15/h3-4,7,9,13H,5-6,8,10-11,15H2,1-2H3. The topological polar surface area (TPSA) is 66.6 Å². The molecule has 6 heteroatoms. The smallest absolute Gasteiger partial charge is 0.304 e. The van der Waals surface area contributed by atoms with E-state index in [-0.39, 0.29) is 6.04 Å². The second-order valence-electron chi connectivity index (χ2n) is 5.26. The summed E-state index contributed by atoms with van der Waals surface area (Å²) in [6.45, 7) is 2.85. The van der Waals surface area contributed by atoms with Crippen LogP contribution in [0.1, 0.15) is 24.8 Å². The molecule has 1 saturated heterocycles. The Balaban J connectivity index is 2.32. The number of aryl methyl sites for hydroxylation is 1. The fourth-order valence-corrected chi connectivity index (χ4v) is 4.41. The number of benzene rings is 1. The average Bonchev–Trinajstić information content (AvgIpc) is 2.47. The van der Waals surface area contributed by atoms with E-state index in [1.807, 2.05) is 31.2 Å². The Morgan fingerprint density at radius 1 is 1.35 bits per heavy atom. The average molecular weight is 297 g/mol. The van der Waals surface area contributed by atoms with Crippen molar-refractivity contribution in [3.8, 4) is 0 Å². The van der Waals surface area contributed by atoms with Crippen LogP contribution in [0.4, 0.5) is 5.69 Å². The molecule has 1 aliphatic rings. The fourth-order valence-electron chi connectivity index (χ4n) is 2.71. The van der Waals surface area contributed by atoms with Crippen LogP contribution < -0.4 is 10.0 Å². The summed E-state index contributed by atoms with van der Waals surface area (Å²) in [5.74, 6) is 0. The first kappa shape index (κ1) is 15.3. The quantitative estimate of drug-likeness (QED) is 0.915. The van der Waals surface area contributed by atoms with Crippen molar-refractivity contribution in [3.05, 3.63) is 29.8 Å². The summed E-state index contributed by atoms with van der Waals surface area (Å²) >= 11 is 0. The first-order valence-electron chi connectivity index (χ1n) is 7.00. The molecule has 1 heterocycles. The zero-order valence-electron chi connectivity index (χ0n) is 12.1. The highest BCUT2D eigenvalue weighted by atomic mass is 32.2. The number of nitrogens with two attached hydrogens (primary N) is 1. The Morgan fingerprint density at radius 3 is 2.70 bits per heavy atom. The van der Waals surface area contributed by atoms with Gasteiger partial charge in [0.2, 0.25) is 0 Å². The van der Waals surface area contributed by atoms with Crippen molar-refractivity contribution in [1.29, 1.82) is 0 Å². The van der Waals surface area contributed by atoms with Crippen LogP contribution in [0.2, 0.25) is 0 Å². The van der Waals surface area contributed by atoms with Gasteiger partial charge in [-0.05, 0) is 31.4 Å². The van der Waals surface area contributed by atoms with Crippen molar-refractivity contribution in [2.75, 3.05) is 24.4 Å². The van der Waals surface area contributed by atoms with Crippen LogP contribution in [0.25, 0.3) is 0 Å². The van der Waals surface area contributed by atoms with Crippen LogP contribution in [-0.4, -0.2) is 38.9 Å². The zero-order valence-corrected chi connectivity index (χ0v) is 12.9. The molecule has 1 aromatic carbocycles. The molecule has 2 N–H and O–H groups in total. The van der Waals surface area contributed by atoms with E-state index in [2.05, 4.69) is 0 Å². The van der Waals surface area contributed by atoms with Gasteiger partial charge in [-0.15, -0.1) is 0 Å². The summed E-state index contributed by atoms with van der Waals surface area (Å²) in [6, 6.07) is 7.42. The molecule has 2 rings (SSSR count). The van der Waals surface area contributed by atoms with Gasteiger partial charge < -0.3 is 5.73 Å². The number of para-hydroxylation sites is 1. The summed E-state index contributed by atoms with van der Waals surface area (Å²) in [4.78, 5) is 0. The van der Waals surface area contributed by atoms with Crippen molar-refractivity contribution in [2.45, 2.75) is 32.2 Å². The summed E-state index contributed by atoms with van der Waals surface area (Å²) in [6.07, 6.45) is 2.79. The van der Waals surface area contributed by atoms with Gasteiger partial charge in [0.25, 0.3) is 0 Å². The minimum Gasteiger partial charge on any atom is -0.329 e. The van der Waals surface area contributed by atoms with Crippen molar-refractivity contribution in [2.24, 2.45) is 5.73 Å². The van der Waals surface area contributed by atoms with Gasteiger partial charge in [-0.2, -0.15) is 12.7 Å². The van der Waals surface area contributed by atoms with E-state index in [1.54, 1.807) is 11.4 Å². The molecular formula is C14H23N3O2S. The zero-order chi connectivity index (χ0) is 14.8. The van der Waals surface area contributed by atoms with Crippen LogP contribution in [0, 0.1) is 6.92 Å². The second kappa shape index (κ2) is 6.11. The summed E-state index contributed by atoms with van der Waals surface area (Å²) in [5, 5.41) is 0. The predicted molar refractivity (Wildman–Crippen MR) is 81.9 cm³/mol. The number of anilines is 1. The molecule has 20 heavy (non-hydrogen) atoms. The normalized spacial score (nSPS) is 20.9. The van der Waals surface area contributed by atoms with Gasteiger partial charge in [-0.3, -0.25) is 4.31 Å². The van der Waals surface area contributed by atoms with Crippen LogP contribution >= 0.6 is 0 Å². The third-order valence-corrected chi connectivity index (χ3v) is 5.90. The van der Waals surface area contributed by atoms with Gasteiger partial charge in [0.05, 0.1) is 5.69 Å². The van der Waals surface area contributed by atoms with Gasteiger partial charge in [0.15, 0.2) is 0 Å². The highest BCUT2D eigenvalue weighted by molar-refractivity contribution is 7.90. The van der Waals surface area contributed by atoms with Crippen molar-refractivity contribution in [3.63, 3.8) is 0 Å². The molecule has 1 aromatic rings.